The van der Waals surface area contributed by atoms with E-state index in [0.29, 0.717) is 16.1 Å². The lowest BCUT2D eigenvalue weighted by Crippen LogP contribution is -2.29. The number of benzene rings is 1. The van der Waals surface area contributed by atoms with Crippen LogP contribution in [0.25, 0.3) is 0 Å². The van der Waals surface area contributed by atoms with Gasteiger partial charge in [-0.1, -0.05) is 30.0 Å². The highest BCUT2D eigenvalue weighted by atomic mass is 32.2. The number of ether oxygens (including phenoxy) is 1. The van der Waals surface area contributed by atoms with Crippen molar-refractivity contribution in [1.29, 1.82) is 5.41 Å². The van der Waals surface area contributed by atoms with Gasteiger partial charge in [-0.3, -0.25) is 15.0 Å². The number of carbonyl (C=O) groups excluding carboxylic acids is 3. The molecule has 2 aromatic rings. The van der Waals surface area contributed by atoms with E-state index in [4.69, 9.17) is 10.1 Å². The molecule has 1 aromatic heterocycles. The fraction of sp³-hybridized carbons (Fsp3) is 0.222. The third kappa shape index (κ3) is 3.74. The topological polar surface area (TPSA) is 99.6 Å². The number of carbonyl (C=O) groups is 3. The normalized spacial score (nSPS) is 13.8. The van der Waals surface area contributed by atoms with Crippen LogP contribution in [0.15, 0.2) is 30.3 Å². The summed E-state index contributed by atoms with van der Waals surface area (Å²) in [6.45, 7) is 3.49. The molecule has 1 aliphatic heterocycles. The van der Waals surface area contributed by atoms with Crippen molar-refractivity contribution in [3.8, 4) is 0 Å². The van der Waals surface area contributed by atoms with Crippen molar-refractivity contribution in [1.82, 2.24) is 0 Å². The van der Waals surface area contributed by atoms with Gasteiger partial charge in [0.2, 0.25) is 5.91 Å². The Labute approximate surface area is 164 Å². The smallest absolute Gasteiger partial charge is 0.341 e. The van der Waals surface area contributed by atoms with Crippen LogP contribution in [0.2, 0.25) is 0 Å². The van der Waals surface area contributed by atoms with Crippen LogP contribution in [0.5, 0.6) is 0 Å². The highest BCUT2D eigenvalue weighted by Gasteiger charge is 2.36. The minimum Gasteiger partial charge on any atom is -0.462 e. The van der Waals surface area contributed by atoms with E-state index in [-0.39, 0.29) is 39.9 Å². The van der Waals surface area contributed by atoms with Gasteiger partial charge >= 0.3 is 5.97 Å². The zero-order valence-electron chi connectivity index (χ0n) is 14.7. The summed E-state index contributed by atoms with van der Waals surface area (Å²) in [5.41, 5.74) is 1.20. The third-order valence-electron chi connectivity index (χ3n) is 3.83. The lowest BCUT2D eigenvalue weighted by Gasteiger charge is -2.14. The molecule has 0 spiro atoms. The molecule has 0 bridgehead atoms. The van der Waals surface area contributed by atoms with E-state index in [2.05, 4.69) is 5.32 Å². The van der Waals surface area contributed by atoms with E-state index in [9.17, 15) is 14.4 Å². The van der Waals surface area contributed by atoms with E-state index < -0.39 is 5.97 Å². The summed E-state index contributed by atoms with van der Waals surface area (Å²) in [5.74, 6) is -1.17. The molecule has 0 saturated carbocycles. The van der Waals surface area contributed by atoms with Crippen molar-refractivity contribution in [2.45, 2.75) is 13.8 Å². The van der Waals surface area contributed by atoms with Crippen molar-refractivity contribution in [3.63, 3.8) is 0 Å². The Kier molecular flexibility index (Phi) is 5.62. The van der Waals surface area contributed by atoms with E-state index in [1.807, 2.05) is 6.07 Å². The molecular formula is C18H17N3O4S2. The predicted molar refractivity (Wildman–Crippen MR) is 107 cm³/mol. The zero-order chi connectivity index (χ0) is 19.6. The number of hydrogen-bond donors (Lipinski definition) is 2. The second kappa shape index (κ2) is 7.93. The first-order chi connectivity index (χ1) is 12.9. The van der Waals surface area contributed by atoms with Crippen LogP contribution in [0, 0.1) is 12.3 Å². The number of esters is 1. The number of nitrogens with zero attached hydrogens (tertiary/aromatic N) is 1. The number of amides is 2. The molecule has 140 valence electrons. The molecule has 2 heterocycles. The van der Waals surface area contributed by atoms with Crippen LogP contribution in [0.1, 0.15) is 32.5 Å². The summed E-state index contributed by atoms with van der Waals surface area (Å²) in [6.07, 6.45) is 0. The molecule has 2 amide bonds. The number of anilines is 2. The number of thiophene rings is 1. The number of amidine groups is 1. The molecule has 27 heavy (non-hydrogen) atoms. The third-order valence-corrected chi connectivity index (χ3v) is 5.96. The highest BCUT2D eigenvalue weighted by Crippen LogP contribution is 2.40. The van der Waals surface area contributed by atoms with Gasteiger partial charge in [0.05, 0.1) is 22.8 Å². The van der Waals surface area contributed by atoms with Crippen molar-refractivity contribution in [2.75, 3.05) is 22.6 Å². The molecule has 1 aromatic carbocycles. The van der Waals surface area contributed by atoms with Gasteiger partial charge in [-0.05, 0) is 31.5 Å². The Balaban J connectivity index is 2.04. The van der Waals surface area contributed by atoms with Crippen LogP contribution < -0.4 is 10.2 Å². The lowest BCUT2D eigenvalue weighted by molar-refractivity contribution is -0.115. The number of rotatable bonds is 5. The lowest BCUT2D eigenvalue weighted by atomic mass is 10.1. The Morgan fingerprint density at radius 2 is 2.00 bits per heavy atom. The Morgan fingerprint density at radius 3 is 2.59 bits per heavy atom. The van der Waals surface area contributed by atoms with Gasteiger partial charge in [-0.15, -0.1) is 11.3 Å². The van der Waals surface area contributed by atoms with Crippen LogP contribution in [0.3, 0.4) is 0 Å². The van der Waals surface area contributed by atoms with Crippen molar-refractivity contribution in [3.05, 3.63) is 46.3 Å². The summed E-state index contributed by atoms with van der Waals surface area (Å²) in [7, 11) is 0. The Morgan fingerprint density at radius 1 is 1.30 bits per heavy atom. The first-order valence-electron chi connectivity index (χ1n) is 8.15. The molecule has 1 aliphatic rings. The standard InChI is InChI=1S/C18H17N3O4S2/c1-3-25-17(24)13-10(2)14(15(23)20-11-7-5-4-6-8-11)27-16(13)21-12(22)9-26-18(21)19/h4-8,19H,3,9H2,1-2H3,(H,20,23). The second-order valence-corrected chi connectivity index (χ2v) is 7.56. The molecule has 2 N–H and O–H groups in total. The molecule has 3 rings (SSSR count). The summed E-state index contributed by atoms with van der Waals surface area (Å²) >= 11 is 2.09. The van der Waals surface area contributed by atoms with Crippen LogP contribution >= 0.6 is 23.1 Å². The zero-order valence-corrected chi connectivity index (χ0v) is 16.3. The second-order valence-electron chi connectivity index (χ2n) is 5.60. The fourth-order valence-electron chi connectivity index (χ4n) is 2.60. The van der Waals surface area contributed by atoms with Gasteiger partial charge in [-0.25, -0.2) is 9.69 Å². The van der Waals surface area contributed by atoms with Gasteiger partial charge in [0.15, 0.2) is 5.17 Å². The van der Waals surface area contributed by atoms with Crippen LogP contribution in [-0.2, 0) is 9.53 Å². The maximum atomic E-state index is 12.7. The quantitative estimate of drug-likeness (QED) is 0.745. The predicted octanol–water partition coefficient (Wildman–Crippen LogP) is 3.50. The van der Waals surface area contributed by atoms with Gasteiger partial charge in [0.1, 0.15) is 5.00 Å². The summed E-state index contributed by atoms with van der Waals surface area (Å²) < 4.78 is 5.11. The number of hydrogen-bond acceptors (Lipinski definition) is 7. The first-order valence-corrected chi connectivity index (χ1v) is 9.95. The fourth-order valence-corrected chi connectivity index (χ4v) is 4.59. The summed E-state index contributed by atoms with van der Waals surface area (Å²) in [5, 5.41) is 11.1. The SMILES string of the molecule is CCOC(=O)c1c(N2C(=N)SCC2=O)sc(C(=O)Nc2ccccc2)c1C. The average molecular weight is 403 g/mol. The molecule has 0 radical (unpaired) electrons. The minimum absolute atomic E-state index is 0.0295. The number of thioether (sulfide) groups is 1. The van der Waals surface area contributed by atoms with Crippen molar-refractivity contribution < 1.29 is 19.1 Å². The maximum absolute atomic E-state index is 12.7. The average Bonchev–Trinajstić information content (AvgIpc) is 3.15. The maximum Gasteiger partial charge on any atom is 0.341 e. The molecule has 0 aliphatic carbocycles. The van der Waals surface area contributed by atoms with Gasteiger partial charge in [0.25, 0.3) is 5.91 Å². The minimum atomic E-state index is -0.613. The molecule has 1 fully saturated rings. The summed E-state index contributed by atoms with van der Waals surface area (Å²) in [4.78, 5) is 38.9. The molecule has 0 unspecified atom stereocenters. The van der Waals surface area contributed by atoms with Crippen molar-refractivity contribution >= 4 is 56.7 Å². The monoisotopic (exact) mass is 403 g/mol. The first kappa shape index (κ1) is 19.1. The largest absolute Gasteiger partial charge is 0.462 e. The Bertz CT molecular complexity index is 908. The Hall–Kier alpha value is -2.65. The van der Waals surface area contributed by atoms with Gasteiger partial charge < -0.3 is 10.1 Å². The van der Waals surface area contributed by atoms with E-state index >= 15 is 0 Å². The van der Waals surface area contributed by atoms with Gasteiger partial charge in [-0.2, -0.15) is 0 Å². The van der Waals surface area contributed by atoms with E-state index in [1.54, 1.807) is 38.1 Å². The van der Waals surface area contributed by atoms with Gasteiger partial charge in [0, 0.05) is 5.69 Å². The molecule has 0 atom stereocenters. The number of para-hydroxylation sites is 1. The van der Waals surface area contributed by atoms with Crippen LogP contribution in [-0.4, -0.2) is 35.3 Å². The van der Waals surface area contributed by atoms with E-state index in [1.165, 1.54) is 4.90 Å². The summed E-state index contributed by atoms with van der Waals surface area (Å²) in [6, 6.07) is 8.95. The molecular weight excluding hydrogens is 386 g/mol. The molecule has 9 heteroatoms. The van der Waals surface area contributed by atoms with E-state index in [0.717, 1.165) is 23.1 Å². The van der Waals surface area contributed by atoms with Crippen LogP contribution in [0.4, 0.5) is 10.7 Å². The highest BCUT2D eigenvalue weighted by molar-refractivity contribution is 8.15. The van der Waals surface area contributed by atoms with Crippen molar-refractivity contribution in [2.24, 2.45) is 0 Å². The molecule has 7 nitrogen and oxygen atoms in total. The molecule has 1 saturated heterocycles. The number of nitrogens with one attached hydrogen (secondary N) is 2.